The van der Waals surface area contributed by atoms with Crippen molar-refractivity contribution in [2.45, 2.75) is 52.0 Å². The Kier molecular flexibility index (Phi) is 8.72. The minimum absolute atomic E-state index is 0.00523. The second kappa shape index (κ2) is 12.6. The standard InChI is InChI=1S/C30H36FN7O3/c1-3-22(25-20(2)27(33-19-24(25)31)38-14-8-13-34-38)26(39)30(41)37-17-15-36(16-18-37)28-23(11-7-12-32-28)29(40)35-21-9-5-4-6-10-21/h3,7-8,11-12,14,19,21,34H,4-6,9-10,13,15-18H2,1-2H3,(H,35,40)/b22-3+. The Hall–Kier alpha value is -4.12. The van der Waals surface area contributed by atoms with E-state index in [9.17, 15) is 14.4 Å². The maximum absolute atomic E-state index is 15.0. The van der Waals surface area contributed by atoms with Crippen LogP contribution in [0.4, 0.5) is 16.0 Å². The average Bonchev–Trinajstić information content (AvgIpc) is 3.54. The molecule has 11 heteroatoms. The summed E-state index contributed by atoms with van der Waals surface area (Å²) in [7, 11) is 0. The number of hydrogen-bond donors (Lipinski definition) is 2. The van der Waals surface area contributed by atoms with Crippen molar-refractivity contribution in [2.24, 2.45) is 0 Å². The van der Waals surface area contributed by atoms with Crippen LogP contribution in [0.25, 0.3) is 5.57 Å². The Balaban J connectivity index is 1.27. The summed E-state index contributed by atoms with van der Waals surface area (Å²) in [5.41, 5.74) is 4.13. The monoisotopic (exact) mass is 561 g/mol. The average molecular weight is 562 g/mol. The van der Waals surface area contributed by atoms with E-state index in [-0.39, 0.29) is 36.2 Å². The lowest BCUT2D eigenvalue weighted by molar-refractivity contribution is -0.142. The third-order valence-corrected chi connectivity index (χ3v) is 7.95. The lowest BCUT2D eigenvalue weighted by Crippen LogP contribution is -2.51. The van der Waals surface area contributed by atoms with E-state index in [2.05, 4.69) is 20.7 Å². The van der Waals surface area contributed by atoms with Crippen molar-refractivity contribution < 1.29 is 18.8 Å². The molecule has 0 bridgehead atoms. The second-order valence-electron chi connectivity index (χ2n) is 10.5. The number of pyridine rings is 2. The molecule has 0 atom stereocenters. The van der Waals surface area contributed by atoms with E-state index in [1.54, 1.807) is 43.4 Å². The van der Waals surface area contributed by atoms with Crippen LogP contribution in [-0.2, 0) is 9.59 Å². The quantitative estimate of drug-likeness (QED) is 0.392. The summed E-state index contributed by atoms with van der Waals surface area (Å²) in [4.78, 5) is 52.0. The summed E-state index contributed by atoms with van der Waals surface area (Å²) in [5, 5.41) is 4.82. The summed E-state index contributed by atoms with van der Waals surface area (Å²) < 4.78 is 15.0. The molecule has 10 nitrogen and oxygen atoms in total. The predicted molar refractivity (Wildman–Crippen MR) is 155 cm³/mol. The molecule has 0 aromatic carbocycles. The van der Waals surface area contributed by atoms with Gasteiger partial charge in [-0.3, -0.25) is 19.4 Å². The Morgan fingerprint density at radius 1 is 1.07 bits per heavy atom. The number of amides is 2. The molecule has 2 aromatic rings. The van der Waals surface area contributed by atoms with Crippen molar-refractivity contribution >= 4 is 34.8 Å². The first-order valence-corrected chi connectivity index (χ1v) is 14.2. The lowest BCUT2D eigenvalue weighted by atomic mass is 9.95. The largest absolute Gasteiger partial charge is 0.352 e. The molecule has 0 unspecified atom stereocenters. The van der Waals surface area contributed by atoms with E-state index in [1.807, 2.05) is 11.0 Å². The van der Waals surface area contributed by atoms with Gasteiger partial charge in [0.1, 0.15) is 11.6 Å². The molecule has 2 fully saturated rings. The number of anilines is 2. The summed E-state index contributed by atoms with van der Waals surface area (Å²) >= 11 is 0. The molecule has 4 heterocycles. The summed E-state index contributed by atoms with van der Waals surface area (Å²) in [6.45, 7) is 5.27. The first kappa shape index (κ1) is 28.4. The number of nitrogens with zero attached hydrogens (tertiary/aromatic N) is 5. The van der Waals surface area contributed by atoms with Gasteiger partial charge in [0.2, 0.25) is 0 Å². The van der Waals surface area contributed by atoms with Crippen molar-refractivity contribution in [2.75, 3.05) is 42.6 Å². The minimum Gasteiger partial charge on any atom is -0.352 e. The van der Waals surface area contributed by atoms with Gasteiger partial charge in [-0.05, 0) is 38.8 Å². The Bertz CT molecular complexity index is 1380. The third-order valence-electron chi connectivity index (χ3n) is 7.95. The van der Waals surface area contributed by atoms with Crippen molar-refractivity contribution in [3.8, 4) is 0 Å². The van der Waals surface area contributed by atoms with Gasteiger partial charge < -0.3 is 15.1 Å². The maximum Gasteiger partial charge on any atom is 0.295 e. The van der Waals surface area contributed by atoms with Crippen LogP contribution in [-0.4, -0.2) is 71.2 Å². The molecule has 0 spiro atoms. The highest BCUT2D eigenvalue weighted by molar-refractivity contribution is 6.53. The zero-order chi connectivity index (χ0) is 28.9. The number of Topliss-reactive ketones (excluding diaryl/α,β-unsaturated/α-hetero) is 1. The van der Waals surface area contributed by atoms with Crippen LogP contribution < -0.4 is 20.7 Å². The zero-order valence-electron chi connectivity index (χ0n) is 23.5. The van der Waals surface area contributed by atoms with Gasteiger partial charge in [-0.1, -0.05) is 31.4 Å². The van der Waals surface area contributed by atoms with Gasteiger partial charge in [-0.15, -0.1) is 0 Å². The van der Waals surface area contributed by atoms with E-state index in [1.165, 1.54) is 17.4 Å². The molecule has 2 aromatic heterocycles. The molecule has 3 aliphatic rings. The number of allylic oxidation sites excluding steroid dienone is 1. The van der Waals surface area contributed by atoms with Crippen LogP contribution in [0.15, 0.2) is 42.9 Å². The third kappa shape index (κ3) is 6.00. The number of aromatic nitrogens is 2. The van der Waals surface area contributed by atoms with Gasteiger partial charge in [0.05, 0.1) is 11.8 Å². The van der Waals surface area contributed by atoms with Crippen molar-refractivity contribution in [3.05, 3.63) is 65.4 Å². The minimum atomic E-state index is -0.768. The van der Waals surface area contributed by atoms with Crippen molar-refractivity contribution in [3.63, 3.8) is 0 Å². The van der Waals surface area contributed by atoms with Crippen LogP contribution in [0.2, 0.25) is 0 Å². The first-order valence-electron chi connectivity index (χ1n) is 14.2. The number of ketones is 1. The number of carbonyl (C=O) groups is 3. The highest BCUT2D eigenvalue weighted by atomic mass is 19.1. The molecule has 2 N–H and O–H groups in total. The van der Waals surface area contributed by atoms with Gasteiger partial charge in [0, 0.05) is 67.9 Å². The van der Waals surface area contributed by atoms with Crippen LogP contribution in [0.1, 0.15) is 60.5 Å². The SMILES string of the molecule is C/C=C(/C(=O)C(=O)N1CCN(c2ncccc2C(=O)NC2CCCCC2)CC1)c1c(F)cnc(N2C=CCN2)c1C. The first-order chi connectivity index (χ1) is 19.9. The molecule has 1 saturated carbocycles. The molecule has 2 aliphatic heterocycles. The van der Waals surface area contributed by atoms with Gasteiger partial charge >= 0.3 is 0 Å². The van der Waals surface area contributed by atoms with Crippen molar-refractivity contribution in [1.82, 2.24) is 25.6 Å². The number of hydrazine groups is 1. The highest BCUT2D eigenvalue weighted by Crippen LogP contribution is 2.30. The Labute approximate surface area is 239 Å². The normalized spacial score (nSPS) is 18.1. The molecule has 5 rings (SSSR count). The Morgan fingerprint density at radius 2 is 1.83 bits per heavy atom. The van der Waals surface area contributed by atoms with Crippen LogP contribution in [0.5, 0.6) is 0 Å². The van der Waals surface area contributed by atoms with E-state index in [4.69, 9.17) is 0 Å². The predicted octanol–water partition coefficient (Wildman–Crippen LogP) is 3.15. The Morgan fingerprint density at radius 3 is 2.51 bits per heavy atom. The van der Waals surface area contributed by atoms with E-state index in [0.717, 1.165) is 31.9 Å². The molecule has 216 valence electrons. The van der Waals surface area contributed by atoms with E-state index < -0.39 is 17.5 Å². The number of halogens is 1. The molecular formula is C30H36FN7O3. The summed E-state index contributed by atoms with van der Waals surface area (Å²) in [6.07, 6.45) is 13.3. The lowest BCUT2D eigenvalue weighted by Gasteiger charge is -2.36. The fourth-order valence-corrected chi connectivity index (χ4v) is 5.76. The molecule has 2 amide bonds. The molecule has 1 aliphatic carbocycles. The number of nitrogens with one attached hydrogen (secondary N) is 2. The number of carbonyl (C=O) groups excluding carboxylic acids is 3. The van der Waals surface area contributed by atoms with Gasteiger partial charge in [-0.2, -0.15) is 0 Å². The van der Waals surface area contributed by atoms with Gasteiger partial charge in [0.25, 0.3) is 17.6 Å². The van der Waals surface area contributed by atoms with Gasteiger partial charge in [-0.25, -0.2) is 19.8 Å². The molecule has 41 heavy (non-hydrogen) atoms. The number of hydrogen-bond acceptors (Lipinski definition) is 8. The topological polar surface area (TPSA) is 111 Å². The maximum atomic E-state index is 15.0. The summed E-state index contributed by atoms with van der Waals surface area (Å²) in [6, 6.07) is 3.70. The fraction of sp³-hybridized carbons (Fsp3) is 0.433. The van der Waals surface area contributed by atoms with Crippen LogP contribution in [0, 0.1) is 12.7 Å². The fourth-order valence-electron chi connectivity index (χ4n) is 5.76. The molecule has 0 radical (unpaired) electrons. The van der Waals surface area contributed by atoms with E-state index >= 15 is 4.39 Å². The van der Waals surface area contributed by atoms with Gasteiger partial charge in [0.15, 0.2) is 5.82 Å². The number of piperazine rings is 1. The van der Waals surface area contributed by atoms with Crippen LogP contribution >= 0.6 is 0 Å². The van der Waals surface area contributed by atoms with Crippen molar-refractivity contribution in [1.29, 1.82) is 0 Å². The molecular weight excluding hydrogens is 525 g/mol. The number of rotatable bonds is 7. The van der Waals surface area contributed by atoms with Crippen LogP contribution in [0.3, 0.4) is 0 Å². The highest BCUT2D eigenvalue weighted by Gasteiger charge is 2.32. The smallest absolute Gasteiger partial charge is 0.295 e. The molecule has 1 saturated heterocycles. The second-order valence-corrected chi connectivity index (χ2v) is 10.5. The van der Waals surface area contributed by atoms with E-state index in [0.29, 0.717) is 42.4 Å². The zero-order valence-corrected chi connectivity index (χ0v) is 23.5. The summed E-state index contributed by atoms with van der Waals surface area (Å²) in [5.74, 6) is -1.23.